The number of nitrogens with two attached hydrogens (primary N) is 1. The predicted octanol–water partition coefficient (Wildman–Crippen LogP) is 3.90. The Kier molecular flexibility index (Phi) is 2.96. The predicted molar refractivity (Wildman–Crippen MR) is 72.5 cm³/mol. The zero-order valence-electron chi connectivity index (χ0n) is 10.7. The Hall–Kier alpha value is -1.54. The monoisotopic (exact) mass is 241 g/mol. The average Bonchev–Trinajstić information content (AvgIpc) is 2.73. The first kappa shape index (κ1) is 11.5. The SMILES string of the molecule is Cc1ccoc1C(N)c1ccc(C2CCC2)cc1. The van der Waals surface area contributed by atoms with Gasteiger partial charge in [0.2, 0.25) is 0 Å². The highest BCUT2D eigenvalue weighted by molar-refractivity contribution is 5.33. The van der Waals surface area contributed by atoms with Crippen LogP contribution in [-0.4, -0.2) is 0 Å². The van der Waals surface area contributed by atoms with E-state index in [2.05, 4.69) is 24.3 Å². The first-order valence-corrected chi connectivity index (χ1v) is 6.65. The van der Waals surface area contributed by atoms with E-state index in [1.54, 1.807) is 6.26 Å². The lowest BCUT2D eigenvalue weighted by molar-refractivity contribution is 0.419. The minimum Gasteiger partial charge on any atom is -0.467 e. The molecule has 1 heterocycles. The summed E-state index contributed by atoms with van der Waals surface area (Å²) < 4.78 is 5.47. The molecular formula is C16H19NO. The van der Waals surface area contributed by atoms with Crippen molar-refractivity contribution in [3.8, 4) is 0 Å². The fraction of sp³-hybridized carbons (Fsp3) is 0.375. The van der Waals surface area contributed by atoms with E-state index in [0.717, 1.165) is 22.8 Å². The van der Waals surface area contributed by atoms with Gasteiger partial charge in [0.1, 0.15) is 5.76 Å². The van der Waals surface area contributed by atoms with Gasteiger partial charge in [-0.15, -0.1) is 0 Å². The normalized spacial score (nSPS) is 17.4. The molecule has 1 saturated carbocycles. The van der Waals surface area contributed by atoms with E-state index < -0.39 is 0 Å². The van der Waals surface area contributed by atoms with Gasteiger partial charge in [-0.25, -0.2) is 0 Å². The van der Waals surface area contributed by atoms with E-state index in [1.807, 2.05) is 13.0 Å². The Labute approximate surface area is 108 Å². The fourth-order valence-electron chi connectivity index (χ4n) is 2.57. The van der Waals surface area contributed by atoms with Crippen molar-refractivity contribution in [3.63, 3.8) is 0 Å². The summed E-state index contributed by atoms with van der Waals surface area (Å²) in [6, 6.07) is 10.5. The van der Waals surface area contributed by atoms with Gasteiger partial charge >= 0.3 is 0 Å². The van der Waals surface area contributed by atoms with Gasteiger partial charge in [0.25, 0.3) is 0 Å². The van der Waals surface area contributed by atoms with E-state index in [0.29, 0.717) is 0 Å². The molecule has 0 aliphatic heterocycles. The molecule has 2 nitrogen and oxygen atoms in total. The number of hydrogen-bond acceptors (Lipinski definition) is 2. The van der Waals surface area contributed by atoms with Crippen molar-refractivity contribution in [3.05, 3.63) is 59.0 Å². The molecule has 2 aromatic rings. The van der Waals surface area contributed by atoms with Crippen LogP contribution in [0.3, 0.4) is 0 Å². The lowest BCUT2D eigenvalue weighted by Gasteiger charge is -2.26. The molecule has 1 aromatic heterocycles. The second kappa shape index (κ2) is 4.62. The quantitative estimate of drug-likeness (QED) is 0.885. The van der Waals surface area contributed by atoms with Gasteiger partial charge in [0.15, 0.2) is 0 Å². The molecule has 0 spiro atoms. The third-order valence-corrected chi connectivity index (χ3v) is 4.06. The number of aryl methyl sites for hydroxylation is 1. The lowest BCUT2D eigenvalue weighted by atomic mass is 9.80. The molecule has 0 amide bonds. The third kappa shape index (κ3) is 1.97. The van der Waals surface area contributed by atoms with Crippen molar-refractivity contribution in [2.24, 2.45) is 5.73 Å². The Morgan fingerprint density at radius 1 is 1.17 bits per heavy atom. The Balaban J connectivity index is 1.82. The van der Waals surface area contributed by atoms with Gasteiger partial charge in [-0.05, 0) is 48.4 Å². The maximum Gasteiger partial charge on any atom is 0.127 e. The zero-order valence-corrected chi connectivity index (χ0v) is 10.7. The van der Waals surface area contributed by atoms with Gasteiger partial charge in [0, 0.05) is 0 Å². The summed E-state index contributed by atoms with van der Waals surface area (Å²) in [7, 11) is 0. The molecule has 2 heteroatoms. The molecule has 18 heavy (non-hydrogen) atoms. The molecule has 1 fully saturated rings. The van der Waals surface area contributed by atoms with Gasteiger partial charge < -0.3 is 10.2 Å². The van der Waals surface area contributed by atoms with Crippen molar-refractivity contribution < 1.29 is 4.42 Å². The summed E-state index contributed by atoms with van der Waals surface area (Å²) in [5.41, 5.74) is 9.93. The van der Waals surface area contributed by atoms with E-state index >= 15 is 0 Å². The van der Waals surface area contributed by atoms with Crippen LogP contribution < -0.4 is 5.73 Å². The van der Waals surface area contributed by atoms with Gasteiger partial charge in [-0.2, -0.15) is 0 Å². The fourth-order valence-corrected chi connectivity index (χ4v) is 2.57. The van der Waals surface area contributed by atoms with Gasteiger partial charge in [-0.1, -0.05) is 30.7 Å². The van der Waals surface area contributed by atoms with E-state index in [4.69, 9.17) is 10.2 Å². The summed E-state index contributed by atoms with van der Waals surface area (Å²) in [6.07, 6.45) is 5.75. The summed E-state index contributed by atoms with van der Waals surface area (Å²) in [6.45, 7) is 2.03. The second-order valence-corrected chi connectivity index (χ2v) is 5.24. The average molecular weight is 241 g/mol. The lowest BCUT2D eigenvalue weighted by Crippen LogP contribution is -2.13. The van der Waals surface area contributed by atoms with Crippen LogP contribution in [0.15, 0.2) is 41.0 Å². The summed E-state index contributed by atoms with van der Waals surface area (Å²) in [5, 5.41) is 0. The Bertz CT molecular complexity index is 522. The molecule has 1 atom stereocenters. The van der Waals surface area contributed by atoms with Crippen LogP contribution in [0.4, 0.5) is 0 Å². The van der Waals surface area contributed by atoms with Crippen molar-refractivity contribution in [1.82, 2.24) is 0 Å². The zero-order chi connectivity index (χ0) is 12.5. The van der Waals surface area contributed by atoms with E-state index in [1.165, 1.54) is 24.8 Å². The standard InChI is InChI=1S/C16H19NO/c1-11-9-10-18-16(11)15(17)14-7-5-13(6-8-14)12-3-2-4-12/h5-10,12,15H,2-4,17H2,1H3. The highest BCUT2D eigenvalue weighted by Gasteiger charge is 2.20. The molecule has 0 bridgehead atoms. The van der Waals surface area contributed by atoms with Crippen LogP contribution in [0.5, 0.6) is 0 Å². The van der Waals surface area contributed by atoms with Crippen molar-refractivity contribution in [2.45, 2.75) is 38.1 Å². The summed E-state index contributed by atoms with van der Waals surface area (Å²) >= 11 is 0. The van der Waals surface area contributed by atoms with E-state index in [-0.39, 0.29) is 6.04 Å². The van der Waals surface area contributed by atoms with Crippen LogP contribution >= 0.6 is 0 Å². The third-order valence-electron chi connectivity index (χ3n) is 4.06. The summed E-state index contributed by atoms with van der Waals surface area (Å²) in [4.78, 5) is 0. The molecule has 3 rings (SSSR count). The smallest absolute Gasteiger partial charge is 0.127 e. The molecule has 1 aromatic carbocycles. The minimum atomic E-state index is -0.157. The number of rotatable bonds is 3. The molecule has 1 aliphatic carbocycles. The highest BCUT2D eigenvalue weighted by atomic mass is 16.3. The Morgan fingerprint density at radius 3 is 2.39 bits per heavy atom. The van der Waals surface area contributed by atoms with Crippen molar-refractivity contribution in [2.75, 3.05) is 0 Å². The molecule has 2 N–H and O–H groups in total. The highest BCUT2D eigenvalue weighted by Crippen LogP contribution is 2.36. The van der Waals surface area contributed by atoms with E-state index in [9.17, 15) is 0 Å². The van der Waals surface area contributed by atoms with Crippen LogP contribution in [0.2, 0.25) is 0 Å². The van der Waals surface area contributed by atoms with Crippen LogP contribution in [0, 0.1) is 6.92 Å². The van der Waals surface area contributed by atoms with Gasteiger partial charge in [0.05, 0.1) is 12.3 Å². The van der Waals surface area contributed by atoms with Gasteiger partial charge in [-0.3, -0.25) is 0 Å². The van der Waals surface area contributed by atoms with Crippen LogP contribution in [-0.2, 0) is 0 Å². The number of benzene rings is 1. The molecule has 1 unspecified atom stereocenters. The molecule has 0 radical (unpaired) electrons. The minimum absolute atomic E-state index is 0.157. The molecule has 1 aliphatic rings. The maximum atomic E-state index is 6.24. The molecular weight excluding hydrogens is 222 g/mol. The number of hydrogen-bond donors (Lipinski definition) is 1. The molecule has 94 valence electrons. The topological polar surface area (TPSA) is 39.2 Å². The second-order valence-electron chi connectivity index (χ2n) is 5.24. The molecule has 0 saturated heterocycles. The van der Waals surface area contributed by atoms with Crippen LogP contribution in [0.1, 0.15) is 53.7 Å². The van der Waals surface area contributed by atoms with Crippen molar-refractivity contribution in [1.29, 1.82) is 0 Å². The summed E-state index contributed by atoms with van der Waals surface area (Å²) in [5.74, 6) is 1.65. The number of furan rings is 1. The first-order valence-electron chi connectivity index (χ1n) is 6.65. The van der Waals surface area contributed by atoms with Crippen LogP contribution in [0.25, 0.3) is 0 Å². The van der Waals surface area contributed by atoms with Crippen molar-refractivity contribution >= 4 is 0 Å². The first-order chi connectivity index (χ1) is 8.75. The Morgan fingerprint density at radius 2 is 1.89 bits per heavy atom. The maximum absolute atomic E-state index is 6.24. The largest absolute Gasteiger partial charge is 0.467 e.